The Bertz CT molecular complexity index is 602. The molecule has 1 fully saturated rings. The molecular weight excluding hydrogens is 385 g/mol. The van der Waals surface area contributed by atoms with Gasteiger partial charge in [-0.2, -0.15) is 26.3 Å². The van der Waals surface area contributed by atoms with Crippen molar-refractivity contribution in [2.45, 2.75) is 43.5 Å². The van der Waals surface area contributed by atoms with Gasteiger partial charge in [0.1, 0.15) is 0 Å². The minimum atomic E-state index is -4.82. The number of hydrogen-bond donors (Lipinski definition) is 1. The topological polar surface area (TPSA) is 20.2 Å². The van der Waals surface area contributed by atoms with Crippen molar-refractivity contribution in [1.82, 2.24) is 0 Å². The smallest absolute Gasteiger partial charge is 0.398 e. The monoisotopic (exact) mass is 394 g/mol. The predicted molar refractivity (Wildman–Crippen MR) is 67.2 cm³/mol. The van der Waals surface area contributed by atoms with Crippen LogP contribution in [0, 0.1) is 5.82 Å². The summed E-state index contributed by atoms with van der Waals surface area (Å²) in [4.78, 5) is 0. The highest BCUT2D eigenvalue weighted by Gasteiger charge is 2.65. The normalized spacial score (nSPS) is 19.1. The van der Waals surface area contributed by atoms with Crippen molar-refractivity contribution >= 4 is 15.9 Å². The lowest BCUT2D eigenvalue weighted by molar-refractivity contribution is -0.160. The van der Waals surface area contributed by atoms with E-state index in [1.807, 2.05) is 0 Å². The highest BCUT2D eigenvalue weighted by Crippen LogP contribution is 2.61. The van der Waals surface area contributed by atoms with Crippen LogP contribution in [-0.4, -0.2) is 17.5 Å². The maximum atomic E-state index is 13.9. The molecule has 0 radical (unpaired) electrons. The van der Waals surface area contributed by atoms with E-state index in [9.17, 15) is 35.8 Å². The number of benzene rings is 1. The van der Waals surface area contributed by atoms with Crippen LogP contribution in [0.25, 0.3) is 0 Å². The number of aromatic hydroxyl groups is 1. The van der Waals surface area contributed by atoms with E-state index in [0.29, 0.717) is 13.0 Å². The fourth-order valence-corrected chi connectivity index (χ4v) is 3.00. The lowest BCUT2D eigenvalue weighted by Gasteiger charge is -2.25. The second-order valence-electron chi connectivity index (χ2n) is 5.33. The van der Waals surface area contributed by atoms with Gasteiger partial charge in [0, 0.05) is 5.56 Å². The summed E-state index contributed by atoms with van der Waals surface area (Å²) in [6.45, 7) is 0.652. The Morgan fingerprint density at radius 3 is 2.05 bits per heavy atom. The first-order valence-corrected chi connectivity index (χ1v) is 6.97. The minimum Gasteiger partial charge on any atom is -0.505 e. The van der Waals surface area contributed by atoms with Crippen molar-refractivity contribution in [3.05, 3.63) is 27.5 Å². The molecule has 0 heterocycles. The molecule has 124 valence electrons. The van der Waals surface area contributed by atoms with E-state index in [-0.39, 0.29) is 12.8 Å². The summed E-state index contributed by atoms with van der Waals surface area (Å²) in [5.41, 5.74) is -3.87. The summed E-state index contributed by atoms with van der Waals surface area (Å²) >= 11 is 2.62. The molecule has 1 N–H and O–H groups in total. The van der Waals surface area contributed by atoms with Gasteiger partial charge in [0.15, 0.2) is 11.6 Å². The highest BCUT2D eigenvalue weighted by atomic mass is 79.9. The molecule has 0 amide bonds. The van der Waals surface area contributed by atoms with Gasteiger partial charge < -0.3 is 5.11 Å². The first kappa shape index (κ1) is 17.4. The van der Waals surface area contributed by atoms with Gasteiger partial charge >= 0.3 is 12.4 Å². The second-order valence-corrected chi connectivity index (χ2v) is 6.13. The van der Waals surface area contributed by atoms with Gasteiger partial charge in [-0.15, -0.1) is 0 Å². The summed E-state index contributed by atoms with van der Waals surface area (Å²) < 4.78 is 90.9. The van der Waals surface area contributed by atoms with E-state index in [1.54, 1.807) is 0 Å². The number of phenols is 1. The van der Waals surface area contributed by atoms with E-state index < -0.39 is 50.9 Å². The summed E-state index contributed by atoms with van der Waals surface area (Å²) in [7, 11) is 0. The molecule has 1 unspecified atom stereocenters. The first-order chi connectivity index (χ1) is 9.83. The predicted octanol–water partition coefficient (Wildman–Crippen LogP) is 5.55. The lowest BCUT2D eigenvalue weighted by atomic mass is 9.89. The number of hydrogen-bond acceptors (Lipinski definition) is 1. The largest absolute Gasteiger partial charge is 0.505 e. The summed E-state index contributed by atoms with van der Waals surface area (Å²) in [5, 5.41) is 9.54. The SMILES string of the molecule is CC(c1cc(C2(C(F)(F)F)CC2)c(Br)c(F)c1O)C(F)(F)F. The zero-order valence-electron chi connectivity index (χ0n) is 11.0. The lowest BCUT2D eigenvalue weighted by Crippen LogP contribution is -2.30. The molecule has 1 aliphatic carbocycles. The van der Waals surface area contributed by atoms with E-state index in [2.05, 4.69) is 15.9 Å². The Morgan fingerprint density at radius 1 is 1.18 bits per heavy atom. The minimum absolute atomic E-state index is 0.334. The van der Waals surface area contributed by atoms with E-state index in [0.717, 1.165) is 0 Å². The zero-order chi connectivity index (χ0) is 17.1. The van der Waals surface area contributed by atoms with Crippen LogP contribution in [0.3, 0.4) is 0 Å². The molecule has 1 nitrogen and oxygen atoms in total. The van der Waals surface area contributed by atoms with Gasteiger partial charge in [-0.3, -0.25) is 0 Å². The Kier molecular flexibility index (Phi) is 3.95. The third kappa shape index (κ3) is 2.57. The third-order valence-corrected chi connectivity index (χ3v) is 4.75. The third-order valence-electron chi connectivity index (χ3n) is 3.98. The van der Waals surface area contributed by atoms with Gasteiger partial charge in [-0.05, 0) is 47.3 Å². The molecule has 1 aromatic rings. The molecular formula is C13H10BrF7O. The van der Waals surface area contributed by atoms with Gasteiger partial charge in [0.25, 0.3) is 0 Å². The van der Waals surface area contributed by atoms with Crippen molar-refractivity contribution in [3.63, 3.8) is 0 Å². The fraction of sp³-hybridized carbons (Fsp3) is 0.538. The highest BCUT2D eigenvalue weighted by molar-refractivity contribution is 9.10. The molecule has 0 spiro atoms. The van der Waals surface area contributed by atoms with Crippen LogP contribution < -0.4 is 0 Å². The Morgan fingerprint density at radius 2 is 1.68 bits per heavy atom. The molecule has 2 rings (SSSR count). The van der Waals surface area contributed by atoms with Crippen molar-refractivity contribution < 1.29 is 35.8 Å². The van der Waals surface area contributed by atoms with E-state index in [4.69, 9.17) is 0 Å². The van der Waals surface area contributed by atoms with Crippen molar-refractivity contribution in [1.29, 1.82) is 0 Å². The zero-order valence-corrected chi connectivity index (χ0v) is 12.6. The van der Waals surface area contributed by atoms with Crippen molar-refractivity contribution in [3.8, 4) is 5.75 Å². The Balaban J connectivity index is 2.66. The van der Waals surface area contributed by atoms with Crippen LogP contribution in [0.2, 0.25) is 0 Å². The van der Waals surface area contributed by atoms with E-state index >= 15 is 0 Å². The molecule has 0 aliphatic heterocycles. The molecule has 22 heavy (non-hydrogen) atoms. The molecule has 9 heteroatoms. The summed E-state index contributed by atoms with van der Waals surface area (Å²) in [6, 6.07) is 0.598. The van der Waals surface area contributed by atoms with Crippen LogP contribution in [0.4, 0.5) is 30.7 Å². The standard InChI is InChI=1S/C13H10BrF7O/c1-5(12(16,17)18)6-4-7(8(14)9(15)10(6)22)11(2-3-11)13(19,20)21/h4-5,22H,2-3H2,1H3. The van der Waals surface area contributed by atoms with Gasteiger partial charge in [-0.1, -0.05) is 0 Å². The Hall–Kier alpha value is -0.990. The molecule has 0 bridgehead atoms. The van der Waals surface area contributed by atoms with Crippen LogP contribution >= 0.6 is 15.9 Å². The van der Waals surface area contributed by atoms with Gasteiger partial charge in [0.2, 0.25) is 0 Å². The van der Waals surface area contributed by atoms with Gasteiger partial charge in [0.05, 0.1) is 15.8 Å². The summed E-state index contributed by atoms with van der Waals surface area (Å²) in [6.07, 6.45) is -10.2. The second kappa shape index (κ2) is 5.01. The number of rotatable bonds is 2. The van der Waals surface area contributed by atoms with Gasteiger partial charge in [-0.25, -0.2) is 4.39 Å². The molecule has 1 atom stereocenters. The molecule has 0 saturated heterocycles. The molecule has 1 aliphatic rings. The van der Waals surface area contributed by atoms with E-state index in [1.165, 1.54) is 0 Å². The average molecular weight is 395 g/mol. The number of alkyl halides is 6. The quantitative estimate of drug-likeness (QED) is 0.651. The van der Waals surface area contributed by atoms with Crippen LogP contribution in [0.15, 0.2) is 10.5 Å². The summed E-state index contributed by atoms with van der Waals surface area (Å²) in [5.74, 6) is -5.10. The number of halogens is 8. The molecule has 1 aromatic carbocycles. The molecule has 0 aromatic heterocycles. The van der Waals surface area contributed by atoms with Crippen LogP contribution in [0.1, 0.15) is 36.8 Å². The average Bonchev–Trinajstić information content (AvgIpc) is 3.15. The first-order valence-electron chi connectivity index (χ1n) is 6.17. The van der Waals surface area contributed by atoms with Crippen LogP contribution in [-0.2, 0) is 5.41 Å². The van der Waals surface area contributed by atoms with Crippen molar-refractivity contribution in [2.75, 3.05) is 0 Å². The fourth-order valence-electron chi connectivity index (χ4n) is 2.32. The maximum Gasteiger partial charge on any atom is 0.398 e. The van der Waals surface area contributed by atoms with Crippen LogP contribution in [0.5, 0.6) is 5.75 Å². The molecule has 1 saturated carbocycles. The Labute approximate surface area is 129 Å². The maximum absolute atomic E-state index is 13.9. The van der Waals surface area contributed by atoms with Crippen molar-refractivity contribution in [2.24, 2.45) is 0 Å². The number of phenolic OH excluding ortho intramolecular Hbond substituents is 1.